The van der Waals surface area contributed by atoms with E-state index in [2.05, 4.69) is 22.1 Å². The maximum absolute atomic E-state index is 15.7. The summed E-state index contributed by atoms with van der Waals surface area (Å²) >= 11 is 0. The topological polar surface area (TPSA) is 54.5 Å². The highest BCUT2D eigenvalue weighted by molar-refractivity contribution is 5.85. The van der Waals surface area contributed by atoms with Gasteiger partial charge in [0.15, 0.2) is 0 Å². The molecule has 9 heteroatoms. The van der Waals surface area contributed by atoms with Crippen LogP contribution in [0.15, 0.2) is 36.4 Å². The smallest absolute Gasteiger partial charge is 0.283 e. The molecule has 0 bridgehead atoms. The number of H-pyrrole nitrogens is 1. The van der Waals surface area contributed by atoms with Crippen LogP contribution in [0.4, 0.5) is 23.2 Å². The van der Waals surface area contributed by atoms with Gasteiger partial charge in [0, 0.05) is 47.0 Å². The highest BCUT2D eigenvalue weighted by Gasteiger charge is 2.43. The quantitative estimate of drug-likeness (QED) is 0.382. The number of benzene rings is 2. The van der Waals surface area contributed by atoms with E-state index in [1.54, 1.807) is 6.92 Å². The van der Waals surface area contributed by atoms with Crippen LogP contribution in [0.1, 0.15) is 43.1 Å². The second-order valence-electron chi connectivity index (χ2n) is 10.2. The molecule has 0 unspecified atom stereocenters. The largest absolute Gasteiger partial charge is 0.390 e. The number of anilines is 1. The van der Waals surface area contributed by atoms with Gasteiger partial charge >= 0.3 is 0 Å². The van der Waals surface area contributed by atoms with Crippen LogP contribution in [0, 0.1) is 11.6 Å². The molecule has 1 fully saturated rings. The summed E-state index contributed by atoms with van der Waals surface area (Å²) in [5, 5.41) is 13.3. The van der Waals surface area contributed by atoms with Crippen molar-refractivity contribution in [3.63, 3.8) is 0 Å². The average molecular weight is 505 g/mol. The Balaban J connectivity index is 1.54. The molecule has 2 aliphatic heterocycles. The summed E-state index contributed by atoms with van der Waals surface area (Å²) in [5.74, 6) is -4.99. The lowest BCUT2D eigenvalue weighted by Crippen LogP contribution is -2.54. The molecule has 3 heterocycles. The first-order valence-electron chi connectivity index (χ1n) is 12.5. The first-order chi connectivity index (χ1) is 17.2. The first kappa shape index (κ1) is 25.0. The van der Waals surface area contributed by atoms with Crippen molar-refractivity contribution in [3.8, 4) is 0 Å². The molecule has 3 aromatic rings. The summed E-state index contributed by atoms with van der Waals surface area (Å²) in [4.78, 5) is 6.91. The number of alkyl halides is 2. The molecule has 2 aromatic carbocycles. The standard InChI is InChI=1S/C27H32F4N4O/c1-3-8-34-12-18(13-34)32-17-10-21(28)24(22(29)11-17)26-25-20(19-6-4-5-7-23(19)33-25)9-16(2)35(26)14-27(30,31)15-36/h4-7,10-11,16,18,26,32-33,36H,3,8-9,12-15H2,1-2H3/t16-,26-/m1/s1. The molecule has 194 valence electrons. The molecule has 36 heavy (non-hydrogen) atoms. The minimum absolute atomic E-state index is 0.107. The van der Waals surface area contributed by atoms with Crippen LogP contribution >= 0.6 is 0 Å². The van der Waals surface area contributed by atoms with Gasteiger partial charge in [-0.3, -0.25) is 9.80 Å². The van der Waals surface area contributed by atoms with Gasteiger partial charge in [0.1, 0.15) is 18.2 Å². The van der Waals surface area contributed by atoms with Crippen molar-refractivity contribution in [2.24, 2.45) is 0 Å². The van der Waals surface area contributed by atoms with Crippen LogP contribution in [0.5, 0.6) is 0 Å². The number of nitrogens with one attached hydrogen (secondary N) is 2. The van der Waals surface area contributed by atoms with E-state index in [-0.39, 0.29) is 11.6 Å². The van der Waals surface area contributed by atoms with E-state index in [4.69, 9.17) is 0 Å². The van der Waals surface area contributed by atoms with Crippen molar-refractivity contribution in [2.75, 3.05) is 38.1 Å². The number of likely N-dealkylation sites (tertiary alicyclic amines) is 1. The lowest BCUT2D eigenvalue weighted by molar-refractivity contribution is -0.0869. The van der Waals surface area contributed by atoms with Gasteiger partial charge in [-0.2, -0.15) is 0 Å². The first-order valence-corrected chi connectivity index (χ1v) is 12.5. The minimum Gasteiger partial charge on any atom is -0.390 e. The second-order valence-corrected chi connectivity index (χ2v) is 10.2. The van der Waals surface area contributed by atoms with Gasteiger partial charge < -0.3 is 15.4 Å². The second kappa shape index (κ2) is 9.68. The van der Waals surface area contributed by atoms with Gasteiger partial charge in [-0.15, -0.1) is 0 Å². The van der Waals surface area contributed by atoms with E-state index in [1.165, 1.54) is 17.0 Å². The zero-order chi connectivity index (χ0) is 25.6. The van der Waals surface area contributed by atoms with E-state index < -0.39 is 42.8 Å². The Morgan fingerprint density at radius 2 is 1.83 bits per heavy atom. The lowest BCUT2D eigenvalue weighted by atomic mass is 9.87. The Morgan fingerprint density at radius 3 is 2.50 bits per heavy atom. The summed E-state index contributed by atoms with van der Waals surface area (Å²) in [6, 6.07) is 8.61. The molecule has 0 aliphatic carbocycles. The molecule has 0 radical (unpaired) electrons. The molecule has 3 N–H and O–H groups in total. The van der Waals surface area contributed by atoms with Crippen molar-refractivity contribution in [1.82, 2.24) is 14.8 Å². The van der Waals surface area contributed by atoms with Crippen LogP contribution in [-0.4, -0.2) is 70.7 Å². The number of fused-ring (bicyclic) bond motifs is 3. The fourth-order valence-electron chi connectivity index (χ4n) is 5.71. The van der Waals surface area contributed by atoms with E-state index in [1.807, 2.05) is 24.3 Å². The van der Waals surface area contributed by atoms with Gasteiger partial charge in [0.2, 0.25) is 0 Å². The Kier molecular flexibility index (Phi) is 6.74. The van der Waals surface area contributed by atoms with Gasteiger partial charge in [-0.25, -0.2) is 17.6 Å². The monoisotopic (exact) mass is 504 g/mol. The van der Waals surface area contributed by atoms with Crippen LogP contribution in [-0.2, 0) is 6.42 Å². The summed E-state index contributed by atoms with van der Waals surface area (Å²) in [7, 11) is 0. The highest BCUT2D eigenvalue weighted by atomic mass is 19.3. The molecule has 5 rings (SSSR count). The number of hydrogen-bond acceptors (Lipinski definition) is 4. The number of hydrogen-bond donors (Lipinski definition) is 3. The predicted molar refractivity (Wildman–Crippen MR) is 133 cm³/mol. The molecule has 2 aliphatic rings. The summed E-state index contributed by atoms with van der Waals surface area (Å²) in [5.41, 5.74) is 2.24. The Bertz CT molecular complexity index is 1220. The normalized spacial score (nSPS) is 21.5. The zero-order valence-electron chi connectivity index (χ0n) is 20.5. The van der Waals surface area contributed by atoms with Crippen molar-refractivity contribution >= 4 is 16.6 Å². The fourth-order valence-corrected chi connectivity index (χ4v) is 5.71. The van der Waals surface area contributed by atoms with E-state index in [9.17, 15) is 13.9 Å². The maximum Gasteiger partial charge on any atom is 0.283 e. The Hall–Kier alpha value is -2.62. The van der Waals surface area contributed by atoms with Crippen molar-refractivity contribution in [2.45, 2.75) is 50.7 Å². The van der Waals surface area contributed by atoms with Crippen molar-refractivity contribution in [1.29, 1.82) is 0 Å². The number of aromatic amines is 1. The third kappa shape index (κ3) is 4.60. The highest BCUT2D eigenvalue weighted by Crippen LogP contribution is 2.43. The van der Waals surface area contributed by atoms with Crippen LogP contribution in [0.3, 0.4) is 0 Å². The third-order valence-electron chi connectivity index (χ3n) is 7.38. The Morgan fingerprint density at radius 1 is 1.14 bits per heavy atom. The van der Waals surface area contributed by atoms with Crippen LogP contribution in [0.2, 0.25) is 0 Å². The predicted octanol–water partition coefficient (Wildman–Crippen LogP) is 4.92. The molecule has 2 atom stereocenters. The maximum atomic E-state index is 15.7. The van der Waals surface area contributed by atoms with E-state index in [0.717, 1.165) is 42.5 Å². The molecular weight excluding hydrogens is 472 g/mol. The molecule has 1 saturated heterocycles. The number of halogens is 4. The molecule has 1 aromatic heterocycles. The average Bonchev–Trinajstić information content (AvgIpc) is 3.17. The van der Waals surface area contributed by atoms with Gasteiger partial charge in [0.25, 0.3) is 5.92 Å². The van der Waals surface area contributed by atoms with Crippen molar-refractivity contribution in [3.05, 3.63) is 64.9 Å². The zero-order valence-corrected chi connectivity index (χ0v) is 20.5. The summed E-state index contributed by atoms with van der Waals surface area (Å²) in [6.07, 6.45) is 1.49. The van der Waals surface area contributed by atoms with Gasteiger partial charge in [-0.05, 0) is 50.1 Å². The van der Waals surface area contributed by atoms with E-state index >= 15 is 8.78 Å². The molecular formula is C27H32F4N4O. The minimum atomic E-state index is -3.42. The van der Waals surface area contributed by atoms with Gasteiger partial charge in [-0.1, -0.05) is 25.1 Å². The van der Waals surface area contributed by atoms with Gasteiger partial charge in [0.05, 0.1) is 18.6 Å². The van der Waals surface area contributed by atoms with Crippen molar-refractivity contribution < 1.29 is 22.7 Å². The number of aliphatic hydroxyl groups excluding tert-OH is 1. The SMILES string of the molecule is CCCN1CC(Nc2cc(F)c([C@@H]3c4[nH]c5ccccc5c4C[C@@H](C)N3CC(F)(F)CO)c(F)c2)C1. The molecule has 0 saturated carbocycles. The van der Waals surface area contributed by atoms with E-state index in [0.29, 0.717) is 17.8 Å². The summed E-state index contributed by atoms with van der Waals surface area (Å²) < 4.78 is 60.2. The lowest BCUT2D eigenvalue weighted by Gasteiger charge is -2.42. The molecule has 0 spiro atoms. The number of rotatable bonds is 8. The van der Waals surface area contributed by atoms with Crippen LogP contribution in [0.25, 0.3) is 10.9 Å². The fraction of sp³-hybridized carbons (Fsp3) is 0.481. The Labute approximate surface area is 208 Å². The number of para-hydroxylation sites is 1. The van der Waals surface area contributed by atoms with Crippen LogP contribution < -0.4 is 5.32 Å². The molecule has 0 amide bonds. The molecule has 5 nitrogen and oxygen atoms in total. The number of aromatic nitrogens is 1. The number of nitrogens with zero attached hydrogens (tertiary/aromatic N) is 2. The third-order valence-corrected chi connectivity index (χ3v) is 7.38. The number of aliphatic hydroxyl groups is 1. The summed E-state index contributed by atoms with van der Waals surface area (Å²) in [6.45, 7) is 4.32.